The molecular formula is C34H41N5O2. The number of urea groups is 1. The minimum atomic E-state index is -0.322. The highest BCUT2D eigenvalue weighted by atomic mass is 16.5. The van der Waals surface area contributed by atoms with E-state index in [4.69, 9.17) is 9.72 Å². The minimum absolute atomic E-state index is 0.0540. The Morgan fingerprint density at radius 1 is 1.00 bits per heavy atom. The van der Waals surface area contributed by atoms with Crippen LogP contribution < -0.4 is 15.4 Å². The van der Waals surface area contributed by atoms with Crippen molar-refractivity contribution in [2.24, 2.45) is 0 Å². The summed E-state index contributed by atoms with van der Waals surface area (Å²) in [6, 6.07) is 22.6. The van der Waals surface area contributed by atoms with Crippen LogP contribution in [0.2, 0.25) is 0 Å². The van der Waals surface area contributed by atoms with E-state index >= 15 is 0 Å². The van der Waals surface area contributed by atoms with Gasteiger partial charge in [0.2, 0.25) is 0 Å². The first-order valence-corrected chi connectivity index (χ1v) is 14.2. The Balaban J connectivity index is 1.34. The number of anilines is 2. The molecule has 0 spiro atoms. The number of fused-ring (bicyclic) bond motifs is 1. The van der Waals surface area contributed by atoms with E-state index in [1.165, 1.54) is 6.42 Å². The smallest absolute Gasteiger partial charge is 0.323 e. The van der Waals surface area contributed by atoms with E-state index in [1.807, 2.05) is 48.7 Å². The first-order chi connectivity index (χ1) is 19.6. The molecule has 1 aliphatic heterocycles. The van der Waals surface area contributed by atoms with Gasteiger partial charge in [-0.1, -0.05) is 63.2 Å². The number of hydrogen-bond acceptors (Lipinski definition) is 5. The Morgan fingerprint density at radius 2 is 1.76 bits per heavy atom. The van der Waals surface area contributed by atoms with Gasteiger partial charge in [-0.3, -0.25) is 9.88 Å². The molecule has 1 saturated heterocycles. The Labute approximate surface area is 243 Å². The van der Waals surface area contributed by atoms with Gasteiger partial charge in [0.1, 0.15) is 5.75 Å². The zero-order chi connectivity index (χ0) is 29.1. The number of benzene rings is 3. The van der Waals surface area contributed by atoms with Crippen molar-refractivity contribution in [3.63, 3.8) is 0 Å². The Morgan fingerprint density at radius 3 is 2.41 bits per heavy atom. The molecule has 1 atom stereocenters. The van der Waals surface area contributed by atoms with Crippen molar-refractivity contribution in [1.82, 2.24) is 14.8 Å². The van der Waals surface area contributed by atoms with E-state index in [-0.39, 0.29) is 11.4 Å². The molecule has 0 aliphatic carbocycles. The summed E-state index contributed by atoms with van der Waals surface area (Å²) < 4.78 is 5.51. The van der Waals surface area contributed by atoms with Crippen molar-refractivity contribution >= 4 is 28.2 Å². The maximum absolute atomic E-state index is 13.2. The number of carbonyl (C=O) groups is 1. The lowest BCUT2D eigenvalue weighted by Crippen LogP contribution is -2.31. The quantitative estimate of drug-likeness (QED) is 0.259. The van der Waals surface area contributed by atoms with Crippen LogP contribution in [0.1, 0.15) is 38.4 Å². The third-order valence-corrected chi connectivity index (χ3v) is 7.99. The molecule has 1 aliphatic rings. The second kappa shape index (κ2) is 11.9. The lowest BCUT2D eigenvalue weighted by Gasteiger charge is -2.21. The minimum Gasteiger partial charge on any atom is -0.495 e. The van der Waals surface area contributed by atoms with Crippen LogP contribution in [0.3, 0.4) is 0 Å². The van der Waals surface area contributed by atoms with Crippen LogP contribution in [0.5, 0.6) is 5.75 Å². The van der Waals surface area contributed by atoms with Crippen molar-refractivity contribution in [2.45, 2.75) is 45.2 Å². The van der Waals surface area contributed by atoms with Gasteiger partial charge in [0.25, 0.3) is 0 Å². The lowest BCUT2D eigenvalue weighted by molar-refractivity contribution is 0.262. The first kappa shape index (κ1) is 28.6. The third kappa shape index (κ3) is 6.53. The highest BCUT2D eigenvalue weighted by Crippen LogP contribution is 2.34. The van der Waals surface area contributed by atoms with Gasteiger partial charge >= 0.3 is 6.03 Å². The number of carbonyl (C=O) groups excluding carboxylic acids is 1. The molecule has 1 aromatic heterocycles. The molecule has 5 rings (SSSR count). The van der Waals surface area contributed by atoms with Gasteiger partial charge < -0.3 is 20.3 Å². The van der Waals surface area contributed by atoms with Gasteiger partial charge in [0, 0.05) is 42.8 Å². The molecule has 1 unspecified atom stereocenters. The average Bonchev–Trinajstić information content (AvgIpc) is 3.42. The number of aromatic nitrogens is 1. The molecule has 0 saturated carbocycles. The Hall–Kier alpha value is -3.94. The van der Waals surface area contributed by atoms with Gasteiger partial charge in [-0.15, -0.1) is 0 Å². The number of likely N-dealkylation sites (tertiary alicyclic amines) is 1. The highest BCUT2D eigenvalue weighted by Gasteiger charge is 2.24. The summed E-state index contributed by atoms with van der Waals surface area (Å²) in [7, 11) is 5.92. The summed E-state index contributed by atoms with van der Waals surface area (Å²) in [5.41, 5.74) is 5.65. The molecule has 2 heterocycles. The standard InChI is InChI=1S/C34H41N5O2/c1-34(2,3)24-12-16-32(41-6)31(19-24)37-33(40)36-30-15-14-27(28-9-7-8-10-29(28)30)23-11-13-25(35-20-23)21-39-18-17-26(22-39)38(4)5/h7-16,19-20,26H,17-18,21-22H2,1-6H3,(H2,36,37,40). The second-order valence-electron chi connectivity index (χ2n) is 12.1. The topological polar surface area (TPSA) is 69.7 Å². The lowest BCUT2D eigenvalue weighted by atomic mass is 9.87. The van der Waals surface area contributed by atoms with Gasteiger partial charge in [0.15, 0.2) is 0 Å². The fourth-order valence-electron chi connectivity index (χ4n) is 5.49. The van der Waals surface area contributed by atoms with Gasteiger partial charge in [-0.05, 0) is 66.7 Å². The molecular weight excluding hydrogens is 510 g/mol. The molecule has 1 fully saturated rings. The van der Waals surface area contributed by atoms with Crippen LogP contribution in [-0.2, 0) is 12.0 Å². The van der Waals surface area contributed by atoms with Crippen molar-refractivity contribution in [3.05, 3.63) is 84.2 Å². The summed E-state index contributed by atoms with van der Waals surface area (Å²) in [5.74, 6) is 0.617. The Bertz CT molecular complexity index is 1520. The first-order valence-electron chi connectivity index (χ1n) is 14.2. The molecule has 0 bridgehead atoms. The highest BCUT2D eigenvalue weighted by molar-refractivity contribution is 6.10. The van der Waals surface area contributed by atoms with E-state index in [0.717, 1.165) is 58.5 Å². The van der Waals surface area contributed by atoms with E-state index < -0.39 is 0 Å². The molecule has 41 heavy (non-hydrogen) atoms. The number of hydrogen-bond donors (Lipinski definition) is 2. The van der Waals surface area contributed by atoms with E-state index in [0.29, 0.717) is 17.5 Å². The van der Waals surface area contributed by atoms with E-state index in [2.05, 4.69) is 79.6 Å². The molecule has 0 radical (unpaired) electrons. The zero-order valence-electron chi connectivity index (χ0n) is 25.0. The van der Waals surface area contributed by atoms with Crippen LogP contribution in [0.15, 0.2) is 72.9 Å². The molecule has 3 aromatic carbocycles. The number of methoxy groups -OCH3 is 1. The molecule has 7 heteroatoms. The summed E-state index contributed by atoms with van der Waals surface area (Å²) in [6.45, 7) is 9.48. The summed E-state index contributed by atoms with van der Waals surface area (Å²) in [5, 5.41) is 8.06. The van der Waals surface area contributed by atoms with E-state index in [1.54, 1.807) is 7.11 Å². The van der Waals surface area contributed by atoms with Crippen LogP contribution in [0.25, 0.3) is 21.9 Å². The summed E-state index contributed by atoms with van der Waals surface area (Å²) in [4.78, 5) is 22.7. The predicted molar refractivity (Wildman–Crippen MR) is 169 cm³/mol. The molecule has 2 N–H and O–H groups in total. The second-order valence-corrected chi connectivity index (χ2v) is 12.1. The largest absolute Gasteiger partial charge is 0.495 e. The molecule has 2 amide bonds. The van der Waals surface area contributed by atoms with Crippen LogP contribution >= 0.6 is 0 Å². The van der Waals surface area contributed by atoms with Gasteiger partial charge in [-0.2, -0.15) is 0 Å². The average molecular weight is 552 g/mol. The van der Waals surface area contributed by atoms with Crippen molar-refractivity contribution < 1.29 is 9.53 Å². The van der Waals surface area contributed by atoms with E-state index in [9.17, 15) is 4.79 Å². The maximum Gasteiger partial charge on any atom is 0.323 e. The summed E-state index contributed by atoms with van der Waals surface area (Å²) in [6.07, 6.45) is 3.16. The van der Waals surface area contributed by atoms with Crippen molar-refractivity contribution in [3.8, 4) is 16.9 Å². The zero-order valence-corrected chi connectivity index (χ0v) is 25.0. The molecule has 4 aromatic rings. The van der Waals surface area contributed by atoms with Crippen molar-refractivity contribution in [1.29, 1.82) is 0 Å². The number of rotatable bonds is 7. The van der Waals surface area contributed by atoms with Crippen molar-refractivity contribution in [2.75, 3.05) is 44.9 Å². The third-order valence-electron chi connectivity index (χ3n) is 7.99. The van der Waals surface area contributed by atoms with Gasteiger partial charge in [0.05, 0.1) is 24.2 Å². The summed E-state index contributed by atoms with van der Waals surface area (Å²) >= 11 is 0. The van der Waals surface area contributed by atoms with Crippen LogP contribution in [0.4, 0.5) is 16.2 Å². The fourth-order valence-corrected chi connectivity index (χ4v) is 5.49. The maximum atomic E-state index is 13.2. The SMILES string of the molecule is COc1ccc(C(C)(C)C)cc1NC(=O)Nc1ccc(-c2ccc(CN3CCC(N(C)C)C3)nc2)c2ccccc12. The number of nitrogens with one attached hydrogen (secondary N) is 2. The Kier molecular flexibility index (Phi) is 8.29. The van der Waals surface area contributed by atoms with Crippen LogP contribution in [0, 0.1) is 0 Å². The monoisotopic (exact) mass is 551 g/mol. The fraction of sp³-hybridized carbons (Fsp3) is 0.353. The number of likely N-dealkylation sites (N-methyl/N-ethyl adjacent to an activating group) is 1. The number of pyridine rings is 1. The normalized spacial score (nSPS) is 15.8. The molecule has 214 valence electrons. The molecule has 7 nitrogen and oxygen atoms in total. The number of nitrogens with zero attached hydrogens (tertiary/aromatic N) is 3. The predicted octanol–water partition coefficient (Wildman–Crippen LogP) is 6.99. The van der Waals surface area contributed by atoms with Gasteiger partial charge in [-0.25, -0.2) is 4.79 Å². The number of ether oxygens (including phenoxy) is 1. The number of amides is 2. The van der Waals surface area contributed by atoms with Crippen LogP contribution in [-0.4, -0.2) is 61.2 Å².